The second-order valence-corrected chi connectivity index (χ2v) is 5.29. The van der Waals surface area contributed by atoms with Gasteiger partial charge >= 0.3 is 0 Å². The second-order valence-electron chi connectivity index (χ2n) is 5.29. The lowest BCUT2D eigenvalue weighted by Crippen LogP contribution is -2.59. The SMILES string of the molecule is CC1(C)CN(C(=O)C2CC(N)C2)C1. The van der Waals surface area contributed by atoms with E-state index in [1.54, 1.807) is 0 Å². The van der Waals surface area contributed by atoms with Gasteiger partial charge < -0.3 is 10.6 Å². The van der Waals surface area contributed by atoms with Crippen molar-refractivity contribution in [1.29, 1.82) is 0 Å². The van der Waals surface area contributed by atoms with E-state index >= 15 is 0 Å². The van der Waals surface area contributed by atoms with Gasteiger partial charge in [-0.05, 0) is 18.3 Å². The highest BCUT2D eigenvalue weighted by Crippen LogP contribution is 2.34. The van der Waals surface area contributed by atoms with Crippen molar-refractivity contribution >= 4 is 5.91 Å². The summed E-state index contributed by atoms with van der Waals surface area (Å²) in [5, 5.41) is 0. The standard InChI is InChI=1S/C10H18N2O/c1-10(2)5-12(6-10)9(13)7-3-8(11)4-7/h7-8H,3-6,11H2,1-2H3. The van der Waals surface area contributed by atoms with Crippen LogP contribution in [0.1, 0.15) is 26.7 Å². The summed E-state index contributed by atoms with van der Waals surface area (Å²) >= 11 is 0. The summed E-state index contributed by atoms with van der Waals surface area (Å²) in [5.41, 5.74) is 6.00. The van der Waals surface area contributed by atoms with Crippen molar-refractivity contribution in [1.82, 2.24) is 4.90 Å². The summed E-state index contributed by atoms with van der Waals surface area (Å²) in [7, 11) is 0. The van der Waals surface area contributed by atoms with Gasteiger partial charge in [0.1, 0.15) is 0 Å². The number of nitrogens with two attached hydrogens (primary N) is 1. The minimum Gasteiger partial charge on any atom is -0.341 e. The van der Waals surface area contributed by atoms with E-state index in [4.69, 9.17) is 5.73 Å². The number of nitrogens with zero attached hydrogens (tertiary/aromatic N) is 1. The third kappa shape index (κ3) is 1.57. The Morgan fingerprint density at radius 3 is 2.31 bits per heavy atom. The molecule has 0 atom stereocenters. The van der Waals surface area contributed by atoms with Crippen LogP contribution in [0.2, 0.25) is 0 Å². The average molecular weight is 182 g/mol. The van der Waals surface area contributed by atoms with Crippen LogP contribution < -0.4 is 5.73 Å². The molecular weight excluding hydrogens is 164 g/mol. The van der Waals surface area contributed by atoms with Crippen molar-refractivity contribution in [3.8, 4) is 0 Å². The van der Waals surface area contributed by atoms with Crippen LogP contribution in [0.5, 0.6) is 0 Å². The Morgan fingerprint density at radius 2 is 1.92 bits per heavy atom. The molecule has 2 aliphatic rings. The molecule has 0 aromatic rings. The van der Waals surface area contributed by atoms with Crippen molar-refractivity contribution in [3.05, 3.63) is 0 Å². The predicted molar refractivity (Wildman–Crippen MR) is 51.1 cm³/mol. The molecule has 2 fully saturated rings. The number of hydrogen-bond donors (Lipinski definition) is 1. The average Bonchev–Trinajstić information content (AvgIpc) is 1.92. The van der Waals surface area contributed by atoms with Gasteiger partial charge in [0.25, 0.3) is 0 Å². The number of amides is 1. The van der Waals surface area contributed by atoms with E-state index in [-0.39, 0.29) is 12.0 Å². The van der Waals surface area contributed by atoms with Gasteiger partial charge in [-0.3, -0.25) is 4.79 Å². The molecule has 0 bridgehead atoms. The van der Waals surface area contributed by atoms with Crippen LogP contribution in [0, 0.1) is 11.3 Å². The first-order valence-corrected chi connectivity index (χ1v) is 5.02. The topological polar surface area (TPSA) is 46.3 Å². The van der Waals surface area contributed by atoms with Crippen LogP contribution in [0.3, 0.4) is 0 Å². The van der Waals surface area contributed by atoms with E-state index in [0.717, 1.165) is 25.9 Å². The van der Waals surface area contributed by atoms with Crippen LogP contribution in [0.25, 0.3) is 0 Å². The number of carbonyl (C=O) groups is 1. The Labute approximate surface area is 79.3 Å². The van der Waals surface area contributed by atoms with E-state index in [1.165, 1.54) is 0 Å². The highest BCUT2D eigenvalue weighted by atomic mass is 16.2. The highest BCUT2D eigenvalue weighted by molar-refractivity contribution is 5.80. The molecule has 0 radical (unpaired) electrons. The van der Waals surface area contributed by atoms with Gasteiger partial charge in [-0.1, -0.05) is 13.8 Å². The molecule has 1 amide bonds. The number of hydrogen-bond acceptors (Lipinski definition) is 2. The van der Waals surface area contributed by atoms with Gasteiger partial charge in [-0.15, -0.1) is 0 Å². The number of likely N-dealkylation sites (tertiary alicyclic amines) is 1. The normalized spacial score (nSPS) is 36.4. The Bertz CT molecular complexity index is 223. The molecule has 2 rings (SSSR count). The molecule has 1 aliphatic heterocycles. The zero-order valence-electron chi connectivity index (χ0n) is 8.42. The number of rotatable bonds is 1. The van der Waals surface area contributed by atoms with Crippen LogP contribution >= 0.6 is 0 Å². The molecule has 1 saturated carbocycles. The monoisotopic (exact) mass is 182 g/mol. The second kappa shape index (κ2) is 2.71. The lowest BCUT2D eigenvalue weighted by Gasteiger charge is -2.48. The molecule has 74 valence electrons. The maximum absolute atomic E-state index is 11.7. The predicted octanol–water partition coefficient (Wildman–Crippen LogP) is 0.592. The largest absolute Gasteiger partial charge is 0.341 e. The smallest absolute Gasteiger partial charge is 0.225 e. The van der Waals surface area contributed by atoms with Gasteiger partial charge in [0, 0.05) is 25.0 Å². The molecule has 1 heterocycles. The van der Waals surface area contributed by atoms with E-state index in [0.29, 0.717) is 11.3 Å². The molecule has 0 spiro atoms. The van der Waals surface area contributed by atoms with Gasteiger partial charge in [0.2, 0.25) is 5.91 Å². The van der Waals surface area contributed by atoms with Crippen LogP contribution in [-0.4, -0.2) is 29.9 Å². The van der Waals surface area contributed by atoms with E-state index in [1.807, 2.05) is 4.90 Å². The van der Waals surface area contributed by atoms with Crippen molar-refractivity contribution < 1.29 is 4.79 Å². The van der Waals surface area contributed by atoms with Crippen LogP contribution in [0.15, 0.2) is 0 Å². The zero-order valence-corrected chi connectivity index (χ0v) is 8.42. The third-order valence-corrected chi connectivity index (χ3v) is 3.07. The molecule has 0 unspecified atom stereocenters. The van der Waals surface area contributed by atoms with Gasteiger partial charge in [0.05, 0.1) is 0 Å². The van der Waals surface area contributed by atoms with Crippen molar-refractivity contribution in [2.75, 3.05) is 13.1 Å². The molecule has 3 heteroatoms. The Morgan fingerprint density at radius 1 is 1.38 bits per heavy atom. The summed E-state index contributed by atoms with van der Waals surface area (Å²) in [6.45, 7) is 6.25. The summed E-state index contributed by atoms with van der Waals surface area (Å²) in [4.78, 5) is 13.7. The van der Waals surface area contributed by atoms with Gasteiger partial charge in [-0.2, -0.15) is 0 Å². The molecule has 3 nitrogen and oxygen atoms in total. The fourth-order valence-corrected chi connectivity index (χ4v) is 2.26. The Hall–Kier alpha value is -0.570. The van der Waals surface area contributed by atoms with Gasteiger partial charge in [-0.25, -0.2) is 0 Å². The fourth-order valence-electron chi connectivity index (χ4n) is 2.26. The van der Waals surface area contributed by atoms with Crippen molar-refractivity contribution in [3.63, 3.8) is 0 Å². The van der Waals surface area contributed by atoms with Gasteiger partial charge in [0.15, 0.2) is 0 Å². The minimum atomic E-state index is 0.242. The summed E-state index contributed by atoms with van der Waals surface area (Å²) < 4.78 is 0. The Balaban J connectivity index is 1.80. The fraction of sp³-hybridized carbons (Fsp3) is 0.900. The summed E-state index contributed by atoms with van der Waals surface area (Å²) in [5.74, 6) is 0.576. The molecule has 2 N–H and O–H groups in total. The first-order valence-electron chi connectivity index (χ1n) is 5.02. The van der Waals surface area contributed by atoms with E-state index < -0.39 is 0 Å². The molecule has 13 heavy (non-hydrogen) atoms. The van der Waals surface area contributed by atoms with Crippen molar-refractivity contribution in [2.24, 2.45) is 17.1 Å². The van der Waals surface area contributed by atoms with E-state index in [2.05, 4.69) is 13.8 Å². The quantitative estimate of drug-likeness (QED) is 0.645. The Kier molecular flexibility index (Phi) is 1.88. The van der Waals surface area contributed by atoms with E-state index in [9.17, 15) is 4.79 Å². The molecule has 0 aromatic carbocycles. The summed E-state index contributed by atoms with van der Waals surface area (Å²) in [6.07, 6.45) is 1.80. The molecule has 0 aromatic heterocycles. The molecular formula is C10H18N2O. The first-order chi connectivity index (χ1) is 5.98. The minimum absolute atomic E-state index is 0.242. The van der Waals surface area contributed by atoms with Crippen molar-refractivity contribution in [2.45, 2.75) is 32.7 Å². The van der Waals surface area contributed by atoms with Crippen LogP contribution in [0.4, 0.5) is 0 Å². The third-order valence-electron chi connectivity index (χ3n) is 3.07. The lowest BCUT2D eigenvalue weighted by atomic mass is 9.77. The lowest BCUT2D eigenvalue weighted by molar-refractivity contribution is -0.149. The van der Waals surface area contributed by atoms with Crippen LogP contribution in [-0.2, 0) is 4.79 Å². The zero-order chi connectivity index (χ0) is 9.64. The number of carbonyl (C=O) groups excluding carboxylic acids is 1. The highest BCUT2D eigenvalue weighted by Gasteiger charge is 2.42. The molecule has 1 saturated heterocycles. The maximum Gasteiger partial charge on any atom is 0.225 e. The molecule has 1 aliphatic carbocycles. The first kappa shape index (κ1) is 9.00. The summed E-state index contributed by atoms with van der Waals surface area (Å²) in [6, 6.07) is 0.281. The maximum atomic E-state index is 11.7.